The molecule has 0 saturated carbocycles. The monoisotopic (exact) mass is 595 g/mol. The van der Waals surface area contributed by atoms with Crippen molar-refractivity contribution in [2.75, 3.05) is 19.8 Å². The number of hydrogen-bond acceptors (Lipinski definition) is 12. The fourth-order valence-corrected chi connectivity index (χ4v) is 5.24. The van der Waals surface area contributed by atoms with Crippen molar-refractivity contribution in [3.63, 3.8) is 0 Å². The van der Waals surface area contributed by atoms with E-state index in [0.717, 1.165) is 5.57 Å². The molecule has 1 fully saturated rings. The van der Waals surface area contributed by atoms with Gasteiger partial charge in [-0.25, -0.2) is 4.99 Å². The van der Waals surface area contributed by atoms with Gasteiger partial charge in [0, 0.05) is 28.8 Å². The van der Waals surface area contributed by atoms with Crippen LogP contribution in [0.3, 0.4) is 0 Å². The zero-order valence-corrected chi connectivity index (χ0v) is 23.0. The molecule has 14 nitrogen and oxygen atoms in total. The number of phenolic OH excluding ortho intramolecular Hbond substituents is 1. The molecule has 0 spiro atoms. The fraction of sp³-hybridized carbons (Fsp3) is 0.345. The van der Waals surface area contributed by atoms with Gasteiger partial charge in [-0.2, -0.15) is 0 Å². The Bertz CT molecular complexity index is 1520. The minimum Gasteiger partial charge on any atom is -0.504 e. The third-order valence-corrected chi connectivity index (χ3v) is 7.42. The fourth-order valence-electron chi connectivity index (χ4n) is 5.24. The van der Waals surface area contributed by atoms with Crippen LogP contribution in [0.1, 0.15) is 43.8 Å². The first-order valence-electron chi connectivity index (χ1n) is 13.5. The zero-order chi connectivity index (χ0) is 30.8. The average molecular weight is 596 g/mol. The number of dihydropyridines is 1. The van der Waals surface area contributed by atoms with Gasteiger partial charge < -0.3 is 57.2 Å². The molecule has 5 rings (SSSR count). The van der Waals surface area contributed by atoms with Gasteiger partial charge in [-0.15, -0.1) is 0 Å². The second kappa shape index (κ2) is 12.4. The van der Waals surface area contributed by atoms with E-state index in [9.17, 15) is 30.0 Å². The number of ketones is 2. The number of carbonyl (C=O) groups is 2. The van der Waals surface area contributed by atoms with E-state index in [1.54, 1.807) is 18.2 Å². The molecule has 11 N–H and O–H groups in total. The van der Waals surface area contributed by atoms with Crippen LogP contribution in [0.15, 0.2) is 58.9 Å². The molecule has 0 bridgehead atoms. The van der Waals surface area contributed by atoms with E-state index in [2.05, 4.69) is 10.3 Å². The molecule has 228 valence electrons. The normalized spacial score (nSPS) is 24.7. The van der Waals surface area contributed by atoms with Gasteiger partial charge in [0.25, 0.3) is 0 Å². The number of aromatic hydroxyl groups is 1. The summed E-state index contributed by atoms with van der Waals surface area (Å²) in [4.78, 5) is 30.8. The summed E-state index contributed by atoms with van der Waals surface area (Å²) in [6, 6.07) is 7.56. The number of aliphatic hydroxyl groups is 3. The van der Waals surface area contributed by atoms with Gasteiger partial charge in [0.2, 0.25) is 6.29 Å². The number of guanidine groups is 1. The highest BCUT2D eigenvalue weighted by Crippen LogP contribution is 2.43. The molecule has 1 saturated heterocycles. The van der Waals surface area contributed by atoms with Crippen molar-refractivity contribution in [3.05, 3.63) is 81.7 Å². The number of carbonyl (C=O) groups excluding carboxylic acids is 2. The molecule has 2 aromatic carbocycles. The summed E-state index contributed by atoms with van der Waals surface area (Å²) in [6.45, 7) is -0.338. The third-order valence-electron chi connectivity index (χ3n) is 7.42. The average Bonchev–Trinajstić information content (AvgIpc) is 2.99. The number of nitrogens with zero attached hydrogens (tertiary/aromatic N) is 1. The van der Waals surface area contributed by atoms with Crippen molar-refractivity contribution >= 4 is 17.5 Å². The standard InChI is InChI=1S/C29H33N5O9/c30-19-9-13(5-7-33-19)6-8-41-27-25(40)23(38)18(12-35)42-28(27)43-26-14(11-34-29(31)32)10-17-20(24(26)39)22(37)16-4-2-1-3-15(16)21(17)36/h1-5,9-10,18,23,25,27-28,33,35,38-40H,6-8,11-12,30H2,(H4,31,32,34). The molecule has 0 radical (unpaired) electrons. The molecule has 2 heterocycles. The van der Waals surface area contributed by atoms with Gasteiger partial charge in [-0.3, -0.25) is 9.59 Å². The number of aliphatic imine (C=N–C) groups is 1. The molecule has 3 aliphatic rings. The first kappa shape index (κ1) is 30.0. The van der Waals surface area contributed by atoms with E-state index in [1.165, 1.54) is 18.2 Å². The predicted molar refractivity (Wildman–Crippen MR) is 152 cm³/mol. The molecule has 5 unspecified atom stereocenters. The van der Waals surface area contributed by atoms with Gasteiger partial charge in [0.15, 0.2) is 29.0 Å². The molecule has 0 amide bonds. The maximum absolute atomic E-state index is 13.4. The lowest BCUT2D eigenvalue weighted by molar-refractivity contribution is -0.287. The number of benzene rings is 2. The van der Waals surface area contributed by atoms with Crippen LogP contribution >= 0.6 is 0 Å². The highest BCUT2D eigenvalue weighted by Gasteiger charge is 2.47. The van der Waals surface area contributed by atoms with Crippen molar-refractivity contribution in [2.24, 2.45) is 22.2 Å². The van der Waals surface area contributed by atoms with Crippen molar-refractivity contribution in [1.29, 1.82) is 0 Å². The Morgan fingerprint density at radius 1 is 1.09 bits per heavy atom. The van der Waals surface area contributed by atoms with Crippen molar-refractivity contribution < 1.29 is 44.2 Å². The maximum Gasteiger partial charge on any atom is 0.229 e. The second-order valence-corrected chi connectivity index (χ2v) is 10.3. The van der Waals surface area contributed by atoms with Crippen LogP contribution in [0.2, 0.25) is 0 Å². The summed E-state index contributed by atoms with van der Waals surface area (Å²) >= 11 is 0. The first-order valence-corrected chi connectivity index (χ1v) is 13.5. The first-order chi connectivity index (χ1) is 20.6. The summed E-state index contributed by atoms with van der Waals surface area (Å²) in [5, 5.41) is 45.7. The van der Waals surface area contributed by atoms with Crippen LogP contribution in [0.5, 0.6) is 11.5 Å². The van der Waals surface area contributed by atoms with Crippen molar-refractivity contribution in [2.45, 2.75) is 43.7 Å². The summed E-state index contributed by atoms with van der Waals surface area (Å²) in [6.07, 6.45) is -3.14. The minimum absolute atomic E-state index is 0.0534. The summed E-state index contributed by atoms with van der Waals surface area (Å²) < 4.78 is 17.7. The molecule has 2 aliphatic heterocycles. The summed E-state index contributed by atoms with van der Waals surface area (Å²) in [5.74, 6) is -1.87. The number of hydrogen-bond donors (Lipinski definition) is 8. The van der Waals surface area contributed by atoms with Crippen LogP contribution < -0.4 is 27.3 Å². The smallest absolute Gasteiger partial charge is 0.229 e. The van der Waals surface area contributed by atoms with Gasteiger partial charge in [0.1, 0.15) is 24.4 Å². The number of fused-ring (bicyclic) bond motifs is 2. The third kappa shape index (κ3) is 5.91. The lowest BCUT2D eigenvalue weighted by Gasteiger charge is -2.42. The number of ether oxygens (including phenoxy) is 3. The predicted octanol–water partition coefficient (Wildman–Crippen LogP) is -1.14. The SMILES string of the molecule is NC1=CC(CCOC2C(Oc3c(CN=C(N)N)cc4c(c3O)C(=O)c3ccccc3C4=O)OC(CO)C(O)C2O)=CCN1. The Balaban J connectivity index is 1.51. The molecular weight excluding hydrogens is 562 g/mol. The van der Waals surface area contributed by atoms with E-state index < -0.39 is 54.6 Å². The van der Waals surface area contributed by atoms with Crippen LogP contribution in [0.4, 0.5) is 0 Å². The molecule has 14 heteroatoms. The lowest BCUT2D eigenvalue weighted by Crippen LogP contribution is -2.61. The number of allylic oxidation sites excluding steroid dienone is 1. The lowest BCUT2D eigenvalue weighted by atomic mass is 9.82. The molecule has 43 heavy (non-hydrogen) atoms. The number of rotatable bonds is 9. The topological polar surface area (TPSA) is 245 Å². The number of aliphatic hydroxyl groups excluding tert-OH is 3. The Morgan fingerprint density at radius 2 is 1.81 bits per heavy atom. The minimum atomic E-state index is -1.57. The van der Waals surface area contributed by atoms with Crippen LogP contribution in [-0.2, 0) is 16.0 Å². The highest BCUT2D eigenvalue weighted by molar-refractivity contribution is 6.29. The molecule has 1 aliphatic carbocycles. The Hall–Kier alpha value is -4.47. The van der Waals surface area contributed by atoms with Crippen LogP contribution in [0, 0.1) is 0 Å². The van der Waals surface area contributed by atoms with E-state index in [0.29, 0.717) is 18.8 Å². The molecule has 2 aromatic rings. The zero-order valence-electron chi connectivity index (χ0n) is 23.0. The van der Waals surface area contributed by atoms with Crippen molar-refractivity contribution in [3.8, 4) is 11.5 Å². The maximum atomic E-state index is 13.4. The summed E-state index contributed by atoms with van der Waals surface area (Å²) in [7, 11) is 0. The number of phenols is 1. The summed E-state index contributed by atoms with van der Waals surface area (Å²) in [5.41, 5.74) is 17.8. The highest BCUT2D eigenvalue weighted by atomic mass is 16.7. The van der Waals surface area contributed by atoms with Crippen LogP contribution in [-0.4, -0.2) is 88.4 Å². The van der Waals surface area contributed by atoms with Crippen LogP contribution in [0.25, 0.3) is 0 Å². The van der Waals surface area contributed by atoms with Crippen molar-refractivity contribution in [1.82, 2.24) is 5.32 Å². The Morgan fingerprint density at radius 3 is 2.49 bits per heavy atom. The van der Waals surface area contributed by atoms with E-state index in [-0.39, 0.29) is 52.7 Å². The molecule has 5 atom stereocenters. The quantitative estimate of drug-likeness (QED) is 0.108. The number of nitrogens with two attached hydrogens (primary N) is 3. The number of nitrogens with one attached hydrogen (secondary N) is 1. The van der Waals surface area contributed by atoms with E-state index in [4.69, 9.17) is 31.4 Å². The molecule has 0 aromatic heterocycles. The second-order valence-electron chi connectivity index (χ2n) is 10.3. The largest absolute Gasteiger partial charge is 0.504 e. The molecular formula is C29H33N5O9. The Kier molecular flexibility index (Phi) is 8.66. The van der Waals surface area contributed by atoms with Gasteiger partial charge in [0.05, 0.1) is 31.1 Å². The van der Waals surface area contributed by atoms with Gasteiger partial charge in [-0.1, -0.05) is 30.3 Å². The van der Waals surface area contributed by atoms with E-state index >= 15 is 0 Å². The van der Waals surface area contributed by atoms with E-state index in [1.807, 2.05) is 6.08 Å². The van der Waals surface area contributed by atoms with Gasteiger partial charge >= 0.3 is 0 Å². The Labute approximate surface area is 246 Å². The van der Waals surface area contributed by atoms with Gasteiger partial charge in [-0.05, 0) is 24.1 Å².